The molecule has 0 bridgehead atoms. The van der Waals surface area contributed by atoms with Crippen LogP contribution in [0.15, 0.2) is 65.8 Å². The second-order valence-electron chi connectivity index (χ2n) is 8.29. The van der Waals surface area contributed by atoms with E-state index < -0.39 is 18.1 Å². The average Bonchev–Trinajstić information content (AvgIpc) is 3.27. The van der Waals surface area contributed by atoms with Gasteiger partial charge in [0.25, 0.3) is 0 Å². The van der Waals surface area contributed by atoms with E-state index in [-0.39, 0.29) is 32.2 Å². The molecule has 11 heteroatoms. The van der Waals surface area contributed by atoms with E-state index in [1.807, 2.05) is 0 Å². The Bertz CT molecular complexity index is 1480. The molecule has 1 saturated heterocycles. The van der Waals surface area contributed by atoms with Gasteiger partial charge in [-0.3, -0.25) is 4.57 Å². The van der Waals surface area contributed by atoms with Gasteiger partial charge in [0.1, 0.15) is 17.4 Å². The molecular formula is C25H21ClF3N5O2. The maximum absolute atomic E-state index is 14.7. The molecule has 1 fully saturated rings. The lowest BCUT2D eigenvalue weighted by atomic mass is 9.97. The van der Waals surface area contributed by atoms with Crippen molar-refractivity contribution in [2.75, 3.05) is 31.1 Å². The van der Waals surface area contributed by atoms with Gasteiger partial charge in [-0.1, -0.05) is 17.7 Å². The largest absolute Gasteiger partial charge is 0.507 e. The van der Waals surface area contributed by atoms with Gasteiger partial charge in [-0.15, -0.1) is 0 Å². The lowest BCUT2D eigenvalue weighted by molar-refractivity contribution is 0.0663. The van der Waals surface area contributed by atoms with Crippen LogP contribution in [0.2, 0.25) is 5.02 Å². The molecule has 0 aliphatic carbocycles. The zero-order valence-electron chi connectivity index (χ0n) is 18.8. The normalized spacial score (nSPS) is 14.0. The minimum Gasteiger partial charge on any atom is -0.507 e. The molecule has 36 heavy (non-hydrogen) atoms. The Kier molecular flexibility index (Phi) is 6.46. The van der Waals surface area contributed by atoms with Crippen LogP contribution < -0.4 is 15.9 Å². The van der Waals surface area contributed by atoms with Gasteiger partial charge in [0.15, 0.2) is 0 Å². The van der Waals surface area contributed by atoms with Crippen LogP contribution >= 0.6 is 11.6 Å². The summed E-state index contributed by atoms with van der Waals surface area (Å²) in [5.74, 6) is 0.00949. The highest BCUT2D eigenvalue weighted by atomic mass is 35.5. The van der Waals surface area contributed by atoms with Gasteiger partial charge in [0, 0.05) is 55.9 Å². The number of alkyl halides is 2. The van der Waals surface area contributed by atoms with Crippen molar-refractivity contribution in [3.63, 3.8) is 0 Å². The van der Waals surface area contributed by atoms with Crippen LogP contribution in [0.25, 0.3) is 27.9 Å². The Labute approximate surface area is 209 Å². The van der Waals surface area contributed by atoms with Crippen molar-refractivity contribution in [3.05, 3.63) is 82.4 Å². The molecular weight excluding hydrogens is 495 g/mol. The van der Waals surface area contributed by atoms with Crippen molar-refractivity contribution in [2.24, 2.45) is 0 Å². The Hall–Kier alpha value is -3.76. The molecule has 2 aromatic heterocycles. The fourth-order valence-electron chi connectivity index (χ4n) is 4.28. The number of nitrogens with one attached hydrogen (secondary N) is 1. The Morgan fingerprint density at radius 2 is 1.69 bits per heavy atom. The molecule has 186 valence electrons. The van der Waals surface area contributed by atoms with Gasteiger partial charge < -0.3 is 15.3 Å². The highest BCUT2D eigenvalue weighted by Crippen LogP contribution is 2.40. The lowest BCUT2D eigenvalue weighted by Gasteiger charge is -2.28. The first-order chi connectivity index (χ1) is 17.3. The van der Waals surface area contributed by atoms with E-state index in [1.54, 1.807) is 18.3 Å². The number of phenols is 1. The molecule has 7 nitrogen and oxygen atoms in total. The summed E-state index contributed by atoms with van der Waals surface area (Å²) in [7, 11) is 0. The van der Waals surface area contributed by atoms with Crippen LogP contribution in [0, 0.1) is 5.82 Å². The molecule has 0 unspecified atom stereocenters. The number of nitrogens with zero attached hydrogens (tertiary/aromatic N) is 4. The summed E-state index contributed by atoms with van der Waals surface area (Å²) >= 11 is 6.38. The third-order valence-electron chi connectivity index (χ3n) is 6.10. The van der Waals surface area contributed by atoms with E-state index in [0.29, 0.717) is 11.1 Å². The number of benzene rings is 2. The van der Waals surface area contributed by atoms with Crippen LogP contribution in [-0.2, 0) is 0 Å². The Morgan fingerprint density at radius 3 is 2.33 bits per heavy atom. The molecule has 0 radical (unpaired) electrons. The number of aromatic hydroxyl groups is 1. The standard InChI is InChI=1S/C25H21ClF3N5O2/c26-20-11-15(1-2-21(20)33-9-10-34(24(28)29)25(33)36)18-13-17(27)14-19(23(18)35)16-3-4-31-22(12-16)32-7-5-30-6-8-32/h1-4,9-14,24,30,35H,5-8H2. The molecule has 1 aliphatic rings. The zero-order chi connectivity index (χ0) is 25.4. The summed E-state index contributed by atoms with van der Waals surface area (Å²) < 4.78 is 41.9. The second kappa shape index (κ2) is 9.71. The maximum Gasteiger partial charge on any atom is 0.337 e. The predicted molar refractivity (Wildman–Crippen MR) is 132 cm³/mol. The van der Waals surface area contributed by atoms with Gasteiger partial charge in [0.2, 0.25) is 0 Å². The first-order valence-corrected chi connectivity index (χ1v) is 11.5. The lowest BCUT2D eigenvalue weighted by Crippen LogP contribution is -2.43. The quantitative estimate of drug-likeness (QED) is 0.404. The summed E-state index contributed by atoms with van der Waals surface area (Å²) in [4.78, 5) is 18.8. The molecule has 0 spiro atoms. The number of imidazole rings is 1. The van der Waals surface area contributed by atoms with Gasteiger partial charge in [0.05, 0.1) is 10.7 Å². The number of anilines is 1. The summed E-state index contributed by atoms with van der Waals surface area (Å²) in [6, 6.07) is 10.4. The SMILES string of the molecule is O=c1n(-c2ccc(-c3cc(F)cc(-c4ccnc(N5CCNCC5)c4)c3O)cc2Cl)ccn1C(F)F. The monoisotopic (exact) mass is 515 g/mol. The number of rotatable bonds is 5. The van der Waals surface area contributed by atoms with Crippen molar-refractivity contribution < 1.29 is 18.3 Å². The molecule has 4 aromatic rings. The Morgan fingerprint density at radius 1 is 1.00 bits per heavy atom. The van der Waals surface area contributed by atoms with Gasteiger partial charge >= 0.3 is 12.2 Å². The first-order valence-electron chi connectivity index (χ1n) is 11.2. The van der Waals surface area contributed by atoms with Crippen molar-refractivity contribution in [2.45, 2.75) is 6.55 Å². The number of piperazine rings is 1. The molecule has 3 heterocycles. The van der Waals surface area contributed by atoms with Crippen LogP contribution in [0.1, 0.15) is 6.55 Å². The minimum absolute atomic E-state index is 0.0664. The molecule has 2 N–H and O–H groups in total. The van der Waals surface area contributed by atoms with Crippen LogP contribution in [0.4, 0.5) is 19.0 Å². The fraction of sp³-hybridized carbons (Fsp3) is 0.200. The third kappa shape index (κ3) is 4.45. The second-order valence-corrected chi connectivity index (χ2v) is 8.70. The van der Waals surface area contributed by atoms with Crippen molar-refractivity contribution in [3.8, 4) is 33.7 Å². The highest BCUT2D eigenvalue weighted by molar-refractivity contribution is 6.32. The van der Waals surface area contributed by atoms with Crippen LogP contribution in [0.5, 0.6) is 5.75 Å². The summed E-state index contributed by atoms with van der Waals surface area (Å²) in [5.41, 5.74) is 0.689. The van der Waals surface area contributed by atoms with Gasteiger partial charge in [-0.05, 0) is 47.5 Å². The number of aromatic nitrogens is 3. The Balaban J connectivity index is 1.53. The molecule has 0 amide bonds. The van der Waals surface area contributed by atoms with Crippen molar-refractivity contribution in [1.29, 1.82) is 0 Å². The molecule has 0 saturated carbocycles. The minimum atomic E-state index is -2.99. The summed E-state index contributed by atoms with van der Waals surface area (Å²) in [5, 5.41) is 14.5. The topological polar surface area (TPSA) is 75.3 Å². The van der Waals surface area contributed by atoms with Crippen molar-refractivity contribution >= 4 is 17.4 Å². The average molecular weight is 516 g/mol. The van der Waals surface area contributed by atoms with E-state index >= 15 is 0 Å². The third-order valence-corrected chi connectivity index (χ3v) is 6.41. The van der Waals surface area contributed by atoms with E-state index in [4.69, 9.17) is 11.6 Å². The van der Waals surface area contributed by atoms with E-state index in [2.05, 4.69) is 15.2 Å². The fourth-order valence-corrected chi connectivity index (χ4v) is 4.56. The van der Waals surface area contributed by atoms with Gasteiger partial charge in [-0.25, -0.2) is 18.7 Å². The first kappa shape index (κ1) is 24.0. The summed E-state index contributed by atoms with van der Waals surface area (Å²) in [6.45, 7) is 0.241. The zero-order valence-corrected chi connectivity index (χ0v) is 19.6. The molecule has 1 aliphatic heterocycles. The predicted octanol–water partition coefficient (Wildman–Crippen LogP) is 4.67. The van der Waals surface area contributed by atoms with Crippen LogP contribution in [0.3, 0.4) is 0 Å². The van der Waals surface area contributed by atoms with E-state index in [1.165, 1.54) is 36.5 Å². The number of phenolic OH excluding ortho intramolecular Hbond substituents is 1. The smallest absolute Gasteiger partial charge is 0.337 e. The number of pyridine rings is 1. The molecule has 2 aromatic carbocycles. The van der Waals surface area contributed by atoms with E-state index in [0.717, 1.165) is 42.8 Å². The van der Waals surface area contributed by atoms with E-state index in [9.17, 15) is 23.1 Å². The number of hydrogen-bond donors (Lipinski definition) is 2. The van der Waals surface area contributed by atoms with Crippen molar-refractivity contribution in [1.82, 2.24) is 19.4 Å². The van der Waals surface area contributed by atoms with Crippen LogP contribution in [-0.4, -0.2) is 45.4 Å². The molecule has 0 atom stereocenters. The number of hydrogen-bond acceptors (Lipinski definition) is 5. The summed E-state index contributed by atoms with van der Waals surface area (Å²) in [6.07, 6.45) is 3.77. The number of halogens is 4. The maximum atomic E-state index is 14.7. The molecule has 5 rings (SSSR count). The highest BCUT2D eigenvalue weighted by Gasteiger charge is 2.19. The van der Waals surface area contributed by atoms with Gasteiger partial charge in [-0.2, -0.15) is 8.78 Å².